The van der Waals surface area contributed by atoms with Crippen LogP contribution in [0.4, 0.5) is 5.69 Å². The van der Waals surface area contributed by atoms with Gasteiger partial charge >= 0.3 is 0 Å². The summed E-state index contributed by atoms with van der Waals surface area (Å²) in [6.07, 6.45) is 6.64. The molecule has 1 aromatic carbocycles. The van der Waals surface area contributed by atoms with E-state index in [1.165, 1.54) is 0 Å². The molecule has 1 atom stereocenters. The van der Waals surface area contributed by atoms with E-state index in [0.29, 0.717) is 19.3 Å². The molecular formula is C31H37N3O2. The quantitative estimate of drug-likeness (QED) is 0.371. The number of nitrogens with one attached hydrogen (secondary N) is 1. The number of benzene rings is 1. The number of aromatic nitrogens is 2. The SMILES string of the molecule is CC(C)c1cccc(C(C)C)c1NC(=O)C1CCCC(Cc2ccccn2)(Cc2ccccn2)C1=O. The van der Waals surface area contributed by atoms with Crippen LogP contribution in [0.15, 0.2) is 67.0 Å². The summed E-state index contributed by atoms with van der Waals surface area (Å²) in [4.78, 5) is 37.0. The summed E-state index contributed by atoms with van der Waals surface area (Å²) in [5.41, 5.74) is 4.11. The second-order valence-electron chi connectivity index (χ2n) is 10.7. The lowest BCUT2D eigenvalue weighted by molar-refractivity contribution is -0.141. The Hall–Kier alpha value is -3.34. The summed E-state index contributed by atoms with van der Waals surface area (Å²) in [7, 11) is 0. The molecule has 0 bridgehead atoms. The van der Waals surface area contributed by atoms with E-state index in [4.69, 9.17) is 0 Å². The minimum atomic E-state index is -0.707. The lowest BCUT2D eigenvalue weighted by Gasteiger charge is -2.39. The number of pyridine rings is 2. The molecule has 188 valence electrons. The average Bonchev–Trinajstić information content (AvgIpc) is 2.86. The van der Waals surface area contributed by atoms with E-state index < -0.39 is 11.3 Å². The molecule has 1 amide bonds. The number of para-hydroxylation sites is 1. The fourth-order valence-corrected chi connectivity index (χ4v) is 5.54. The highest BCUT2D eigenvalue weighted by Gasteiger charge is 2.47. The fourth-order valence-electron chi connectivity index (χ4n) is 5.54. The number of Topliss-reactive ketones (excluding diaryl/α,β-unsaturated/α-hetero) is 1. The summed E-state index contributed by atoms with van der Waals surface area (Å²) in [5, 5.41) is 3.22. The molecule has 3 aromatic rings. The molecule has 2 aromatic heterocycles. The number of anilines is 1. The van der Waals surface area contributed by atoms with Crippen LogP contribution in [0.5, 0.6) is 0 Å². The highest BCUT2D eigenvalue weighted by atomic mass is 16.2. The molecule has 0 saturated heterocycles. The highest BCUT2D eigenvalue weighted by Crippen LogP contribution is 2.42. The minimum Gasteiger partial charge on any atom is -0.325 e. The Morgan fingerprint density at radius 3 is 1.92 bits per heavy atom. The molecule has 0 aliphatic heterocycles. The van der Waals surface area contributed by atoms with Gasteiger partial charge in [-0.05, 0) is 60.1 Å². The number of rotatable bonds is 8. The number of hydrogen-bond acceptors (Lipinski definition) is 4. The molecule has 1 aliphatic carbocycles. The van der Waals surface area contributed by atoms with Gasteiger partial charge in [0.15, 0.2) is 5.78 Å². The molecule has 5 heteroatoms. The van der Waals surface area contributed by atoms with E-state index in [2.05, 4.69) is 61.2 Å². The van der Waals surface area contributed by atoms with E-state index in [1.54, 1.807) is 12.4 Å². The van der Waals surface area contributed by atoms with Crippen LogP contribution in [0.3, 0.4) is 0 Å². The molecular weight excluding hydrogens is 446 g/mol. The van der Waals surface area contributed by atoms with Crippen LogP contribution in [0, 0.1) is 11.3 Å². The van der Waals surface area contributed by atoms with E-state index in [9.17, 15) is 9.59 Å². The first-order chi connectivity index (χ1) is 17.3. The first-order valence-corrected chi connectivity index (χ1v) is 13.1. The zero-order valence-corrected chi connectivity index (χ0v) is 21.8. The van der Waals surface area contributed by atoms with Crippen molar-refractivity contribution in [2.75, 3.05) is 5.32 Å². The topological polar surface area (TPSA) is 72.0 Å². The third-order valence-electron chi connectivity index (χ3n) is 7.42. The van der Waals surface area contributed by atoms with Gasteiger partial charge in [-0.25, -0.2) is 0 Å². The predicted molar refractivity (Wildman–Crippen MR) is 144 cm³/mol. The molecule has 4 rings (SSSR count). The van der Waals surface area contributed by atoms with Gasteiger partial charge in [0.25, 0.3) is 0 Å². The van der Waals surface area contributed by atoms with Gasteiger partial charge in [0.1, 0.15) is 0 Å². The van der Waals surface area contributed by atoms with Gasteiger partial charge in [0.2, 0.25) is 5.91 Å². The first-order valence-electron chi connectivity index (χ1n) is 13.1. The van der Waals surface area contributed by atoms with Gasteiger partial charge in [-0.2, -0.15) is 0 Å². The predicted octanol–water partition coefficient (Wildman–Crippen LogP) is 6.50. The lowest BCUT2D eigenvalue weighted by atomic mass is 9.63. The number of carbonyl (C=O) groups excluding carboxylic acids is 2. The van der Waals surface area contributed by atoms with E-state index >= 15 is 0 Å². The summed E-state index contributed by atoms with van der Waals surface area (Å²) in [6, 6.07) is 17.8. The summed E-state index contributed by atoms with van der Waals surface area (Å²) in [6.45, 7) is 8.52. The zero-order chi connectivity index (χ0) is 25.7. The molecule has 1 aliphatic rings. The Balaban J connectivity index is 1.67. The summed E-state index contributed by atoms with van der Waals surface area (Å²) in [5.74, 6) is -0.356. The van der Waals surface area contributed by atoms with Crippen LogP contribution >= 0.6 is 0 Å². The van der Waals surface area contributed by atoms with Crippen LogP contribution in [0.2, 0.25) is 0 Å². The van der Waals surface area contributed by atoms with Crippen molar-refractivity contribution in [1.29, 1.82) is 0 Å². The maximum Gasteiger partial charge on any atom is 0.234 e. The van der Waals surface area contributed by atoms with Gasteiger partial charge in [-0.15, -0.1) is 0 Å². The minimum absolute atomic E-state index is 0.00989. The number of amides is 1. The van der Waals surface area contributed by atoms with Crippen LogP contribution in [-0.4, -0.2) is 21.7 Å². The third-order valence-corrected chi connectivity index (χ3v) is 7.42. The van der Waals surface area contributed by atoms with Crippen molar-refractivity contribution in [2.24, 2.45) is 11.3 Å². The Labute approximate surface area is 214 Å². The van der Waals surface area contributed by atoms with Crippen molar-refractivity contribution < 1.29 is 9.59 Å². The molecule has 36 heavy (non-hydrogen) atoms. The van der Waals surface area contributed by atoms with Crippen LogP contribution in [0.25, 0.3) is 0 Å². The van der Waals surface area contributed by atoms with E-state index in [1.807, 2.05) is 36.4 Å². The zero-order valence-electron chi connectivity index (χ0n) is 21.8. The highest BCUT2D eigenvalue weighted by molar-refractivity contribution is 6.10. The second-order valence-corrected chi connectivity index (χ2v) is 10.7. The third kappa shape index (κ3) is 5.56. The number of carbonyl (C=O) groups is 2. The van der Waals surface area contributed by atoms with Crippen LogP contribution in [0.1, 0.15) is 81.3 Å². The number of hydrogen-bond donors (Lipinski definition) is 1. The van der Waals surface area contributed by atoms with Gasteiger partial charge < -0.3 is 5.32 Å². The van der Waals surface area contributed by atoms with Crippen molar-refractivity contribution in [3.8, 4) is 0 Å². The monoisotopic (exact) mass is 483 g/mol. The largest absolute Gasteiger partial charge is 0.325 e. The Morgan fingerprint density at radius 2 is 1.44 bits per heavy atom. The Morgan fingerprint density at radius 1 is 0.889 bits per heavy atom. The van der Waals surface area contributed by atoms with Crippen molar-refractivity contribution in [3.05, 3.63) is 89.5 Å². The normalized spacial score (nSPS) is 17.4. The molecule has 1 unspecified atom stereocenters. The van der Waals surface area contributed by atoms with E-state index in [0.717, 1.165) is 41.0 Å². The van der Waals surface area contributed by atoms with Crippen molar-refractivity contribution in [2.45, 2.75) is 71.6 Å². The number of nitrogens with zero attached hydrogens (tertiary/aromatic N) is 2. The molecule has 0 spiro atoms. The van der Waals surface area contributed by atoms with Crippen molar-refractivity contribution in [3.63, 3.8) is 0 Å². The van der Waals surface area contributed by atoms with Crippen LogP contribution < -0.4 is 5.32 Å². The molecule has 1 fully saturated rings. The van der Waals surface area contributed by atoms with Crippen LogP contribution in [-0.2, 0) is 22.4 Å². The molecule has 2 heterocycles. The van der Waals surface area contributed by atoms with E-state index in [-0.39, 0.29) is 23.5 Å². The Bertz CT molecular complexity index is 1120. The van der Waals surface area contributed by atoms with Gasteiger partial charge in [0, 0.05) is 47.7 Å². The van der Waals surface area contributed by atoms with Gasteiger partial charge in [-0.1, -0.05) is 64.4 Å². The fraction of sp³-hybridized carbons (Fsp3) is 0.419. The summed E-state index contributed by atoms with van der Waals surface area (Å²) < 4.78 is 0. The van der Waals surface area contributed by atoms with Crippen molar-refractivity contribution >= 4 is 17.4 Å². The first kappa shape index (κ1) is 25.7. The maximum absolute atomic E-state index is 14.2. The van der Waals surface area contributed by atoms with Gasteiger partial charge in [0.05, 0.1) is 5.92 Å². The summed E-state index contributed by atoms with van der Waals surface area (Å²) >= 11 is 0. The lowest BCUT2D eigenvalue weighted by Crippen LogP contribution is -2.47. The van der Waals surface area contributed by atoms with Crippen molar-refractivity contribution in [1.82, 2.24) is 9.97 Å². The standard InChI is InChI=1S/C31H37N3O2/c1-21(2)25-13-9-14-26(22(3)4)28(25)34-30(36)27-15-10-16-31(29(27)35,19-23-11-5-7-17-32-23)20-24-12-6-8-18-33-24/h5-9,11-14,17-18,21-22,27H,10,15-16,19-20H2,1-4H3,(H,34,36). The molecule has 5 nitrogen and oxygen atoms in total. The Kier molecular flexibility index (Phi) is 7.97. The molecule has 1 N–H and O–H groups in total. The number of ketones is 1. The maximum atomic E-state index is 14.2. The second kappa shape index (κ2) is 11.2. The molecule has 0 radical (unpaired) electrons. The average molecular weight is 484 g/mol. The van der Waals surface area contributed by atoms with Gasteiger partial charge in [-0.3, -0.25) is 19.6 Å². The molecule has 1 saturated carbocycles. The smallest absolute Gasteiger partial charge is 0.234 e.